The van der Waals surface area contributed by atoms with Gasteiger partial charge in [-0.2, -0.15) is 0 Å². The van der Waals surface area contributed by atoms with Crippen molar-refractivity contribution in [2.75, 3.05) is 6.61 Å². The largest absolute Gasteiger partial charge is 0.452 e. The number of hydrogen-bond donors (Lipinski definition) is 1. The van der Waals surface area contributed by atoms with Crippen molar-refractivity contribution in [2.45, 2.75) is 144 Å². The Morgan fingerprint density at radius 2 is 0.983 bits per heavy atom. The predicted octanol–water partition coefficient (Wildman–Crippen LogP) is 8.73. The van der Waals surface area contributed by atoms with E-state index in [2.05, 4.69) is 90.3 Å². The topological polar surface area (TPSA) is 145 Å². The number of aliphatic hydroxyl groups is 1. The maximum absolute atomic E-state index is 13.8. The first-order valence-electron chi connectivity index (χ1n) is 20.4. The highest BCUT2D eigenvalue weighted by atomic mass is 127. The molecule has 0 unspecified atom stereocenters. The lowest BCUT2D eigenvalue weighted by Crippen LogP contribution is -2.64. The maximum atomic E-state index is 13.8. The van der Waals surface area contributed by atoms with Gasteiger partial charge in [0.05, 0.1) is 45.5 Å². The first kappa shape index (κ1) is 48.0. The number of ether oxygens (including phenoxy) is 6. The number of rotatable bonds is 13. The fraction of sp³-hybridized carbons (Fsp3) is 0.533. The summed E-state index contributed by atoms with van der Waals surface area (Å²) in [5.41, 5.74) is 0.583. The number of aliphatic hydroxyl groups excluding tert-OH is 1. The van der Waals surface area contributed by atoms with Gasteiger partial charge >= 0.3 is 17.9 Å². The molecule has 2 fully saturated rings. The summed E-state index contributed by atoms with van der Waals surface area (Å²) in [7, 11) is -4.67. The summed E-state index contributed by atoms with van der Waals surface area (Å²) in [4.78, 5) is 41.0. The fourth-order valence-electron chi connectivity index (χ4n) is 6.35. The second kappa shape index (κ2) is 19.6. The van der Waals surface area contributed by atoms with Gasteiger partial charge in [0.2, 0.25) is 0 Å². The van der Waals surface area contributed by atoms with Crippen LogP contribution in [0.25, 0.3) is 0 Å². The molecule has 2 saturated heterocycles. The highest BCUT2D eigenvalue weighted by Gasteiger charge is 2.55. The molecule has 2 heterocycles. The van der Waals surface area contributed by atoms with Crippen LogP contribution in [0.1, 0.15) is 79.5 Å². The second-order valence-electron chi connectivity index (χ2n) is 18.4. The van der Waals surface area contributed by atoms with Gasteiger partial charge in [-0.05, 0) is 79.6 Å². The van der Waals surface area contributed by atoms with Crippen molar-refractivity contribution in [1.29, 1.82) is 0 Å². The molecule has 0 saturated carbocycles. The highest BCUT2D eigenvalue weighted by Crippen LogP contribution is 2.44. The lowest BCUT2D eigenvalue weighted by Gasteiger charge is -2.51. The molecule has 2 aliphatic rings. The Morgan fingerprint density at radius 3 is 1.40 bits per heavy atom. The molecule has 5 rings (SSSR count). The Kier molecular flexibility index (Phi) is 15.7. The van der Waals surface area contributed by atoms with Gasteiger partial charge in [0.25, 0.3) is 0 Å². The lowest BCUT2D eigenvalue weighted by molar-refractivity contribution is -0.301. The van der Waals surface area contributed by atoms with Gasteiger partial charge in [-0.1, -0.05) is 119 Å². The minimum absolute atomic E-state index is 0.0680. The SMILES string of the molecule is C[C@H]1O[C@H](OC[C@H]2O[C@@H](O)[C@H](OC(=O)c3ccccc3)[C@@H](OC(=O)c3ccccc3)[C@@H]2OC(=O)c2ccccc2)[C@H](I)[C@@H](O[Si](C)(C)C(C)(C)C)[C@@H]1O[Si](C)(C)C(C)(C)C. The highest BCUT2D eigenvalue weighted by molar-refractivity contribution is 14.1. The van der Waals surface area contributed by atoms with Crippen LogP contribution in [-0.4, -0.2) is 105 Å². The van der Waals surface area contributed by atoms with Crippen LogP contribution in [0.5, 0.6) is 0 Å². The van der Waals surface area contributed by atoms with Gasteiger partial charge in [-0.3, -0.25) is 0 Å². The summed E-state index contributed by atoms with van der Waals surface area (Å²) in [5, 5.41) is 11.4. The Morgan fingerprint density at radius 1 is 0.600 bits per heavy atom. The Balaban J connectivity index is 1.49. The minimum atomic E-state index is -2.37. The van der Waals surface area contributed by atoms with Crippen LogP contribution in [0.2, 0.25) is 36.3 Å². The van der Waals surface area contributed by atoms with E-state index in [4.69, 9.17) is 37.3 Å². The van der Waals surface area contributed by atoms with E-state index in [9.17, 15) is 19.5 Å². The van der Waals surface area contributed by atoms with Crippen molar-refractivity contribution in [2.24, 2.45) is 0 Å². The van der Waals surface area contributed by atoms with Gasteiger partial charge in [0.15, 0.2) is 47.5 Å². The smallest absolute Gasteiger partial charge is 0.338 e. The summed E-state index contributed by atoms with van der Waals surface area (Å²) in [6.07, 6.45) is -9.79. The molecule has 3 aromatic carbocycles. The second-order valence-corrected chi connectivity index (χ2v) is 29.4. The molecule has 0 bridgehead atoms. The van der Waals surface area contributed by atoms with Gasteiger partial charge in [0, 0.05) is 0 Å². The van der Waals surface area contributed by atoms with E-state index >= 15 is 0 Å². The van der Waals surface area contributed by atoms with E-state index in [0.717, 1.165) is 0 Å². The van der Waals surface area contributed by atoms with Crippen molar-refractivity contribution in [1.82, 2.24) is 0 Å². The van der Waals surface area contributed by atoms with E-state index in [1.807, 2.05) is 6.92 Å². The molecule has 0 aromatic heterocycles. The van der Waals surface area contributed by atoms with Crippen molar-refractivity contribution in [3.63, 3.8) is 0 Å². The average Bonchev–Trinajstić information content (AvgIpc) is 3.19. The molecule has 15 heteroatoms. The molecular weight excluding hydrogens is 916 g/mol. The van der Waals surface area contributed by atoms with Gasteiger partial charge in [0.1, 0.15) is 6.10 Å². The third-order valence-electron chi connectivity index (χ3n) is 12.0. The molecule has 1 N–H and O–H groups in total. The first-order valence-corrected chi connectivity index (χ1v) is 27.5. The number of benzene rings is 3. The van der Waals surface area contributed by atoms with Crippen LogP contribution in [0.15, 0.2) is 91.0 Å². The van der Waals surface area contributed by atoms with Crippen LogP contribution >= 0.6 is 22.6 Å². The van der Waals surface area contributed by atoms with Gasteiger partial charge in [-0.15, -0.1) is 0 Å². The van der Waals surface area contributed by atoms with Gasteiger partial charge < -0.3 is 42.4 Å². The van der Waals surface area contributed by atoms with Crippen molar-refractivity contribution in [3.8, 4) is 0 Å². The van der Waals surface area contributed by atoms with Crippen molar-refractivity contribution < 1.29 is 56.8 Å². The number of hydrogen-bond acceptors (Lipinski definition) is 12. The summed E-state index contributed by atoms with van der Waals surface area (Å²) in [6.45, 7) is 23.7. The predicted molar refractivity (Wildman–Crippen MR) is 240 cm³/mol. The fourth-order valence-corrected chi connectivity index (χ4v) is 10.2. The zero-order valence-corrected chi connectivity index (χ0v) is 40.6. The molecular formula is C45H61IO12Si2. The number of alkyl halides is 1. The van der Waals surface area contributed by atoms with Crippen LogP contribution in [0, 0.1) is 0 Å². The van der Waals surface area contributed by atoms with E-state index in [-0.39, 0.29) is 37.3 Å². The van der Waals surface area contributed by atoms with E-state index in [0.29, 0.717) is 0 Å². The third-order valence-corrected chi connectivity index (χ3v) is 22.2. The summed E-state index contributed by atoms with van der Waals surface area (Å²) >= 11 is 2.31. The zero-order chi connectivity index (χ0) is 44.2. The monoisotopic (exact) mass is 976 g/mol. The van der Waals surface area contributed by atoms with E-state index in [1.54, 1.807) is 91.0 Å². The van der Waals surface area contributed by atoms with Gasteiger partial charge in [-0.25, -0.2) is 14.4 Å². The van der Waals surface area contributed by atoms with Crippen LogP contribution < -0.4 is 0 Å². The quantitative estimate of drug-likeness (QED) is 0.0575. The normalized spacial score (nSPS) is 27.8. The molecule has 10 atom stereocenters. The number of carbonyl (C=O) groups is 3. The molecule has 0 radical (unpaired) electrons. The minimum Gasteiger partial charge on any atom is -0.452 e. The molecule has 3 aromatic rings. The molecule has 0 spiro atoms. The molecule has 328 valence electrons. The maximum Gasteiger partial charge on any atom is 0.338 e. The van der Waals surface area contributed by atoms with Crippen LogP contribution in [-0.2, 0) is 37.3 Å². The molecule has 0 amide bonds. The average molecular weight is 977 g/mol. The third kappa shape index (κ3) is 11.5. The first-order chi connectivity index (χ1) is 28.0. The molecule has 2 aliphatic heterocycles. The lowest BCUT2D eigenvalue weighted by atomic mass is 9.97. The Bertz CT molecular complexity index is 1890. The van der Waals surface area contributed by atoms with Crippen LogP contribution in [0.3, 0.4) is 0 Å². The molecule has 0 aliphatic carbocycles. The van der Waals surface area contributed by atoms with Crippen molar-refractivity contribution in [3.05, 3.63) is 108 Å². The Hall–Kier alpha value is -3.01. The standard InChI is InChI=1S/C45H61IO12Si2/c1-28-34(57-59(8,9)44(2,3)4)36(58-60(10,11)45(5,6)7)33(46)43(52-28)51-27-32-35(54-39(47)29-21-15-12-16-22-29)37(55-40(48)30-23-17-13-18-24-30)38(42(50)53-32)56-41(49)31-25-19-14-20-26-31/h12-26,28,32-38,42-43,50H,27H2,1-11H3/t28-,32-,33-,34-,35-,36-,37+,38-,42-,43+/m1/s1. The number of esters is 3. The molecule has 60 heavy (non-hydrogen) atoms. The van der Waals surface area contributed by atoms with Crippen LogP contribution in [0.4, 0.5) is 0 Å². The molecule has 12 nitrogen and oxygen atoms in total. The summed E-state index contributed by atoms with van der Waals surface area (Å²) < 4.78 is 51.1. The Labute approximate surface area is 370 Å². The number of carbonyl (C=O) groups excluding carboxylic acids is 3. The van der Waals surface area contributed by atoms with E-state index < -0.39 is 89.9 Å². The number of halogens is 1. The van der Waals surface area contributed by atoms with E-state index in [1.165, 1.54) is 0 Å². The summed E-state index contributed by atoms with van der Waals surface area (Å²) in [5.74, 6) is -2.38. The zero-order valence-electron chi connectivity index (χ0n) is 36.5. The van der Waals surface area contributed by atoms with Crippen molar-refractivity contribution >= 4 is 57.1 Å². The summed E-state index contributed by atoms with van der Waals surface area (Å²) in [6, 6.07) is 24.6.